The first-order valence-corrected chi connectivity index (χ1v) is 13.8. The highest BCUT2D eigenvalue weighted by Gasteiger charge is 2.50. The minimum absolute atomic E-state index is 0.00550. The van der Waals surface area contributed by atoms with Crippen molar-refractivity contribution in [3.05, 3.63) is 64.9 Å². The van der Waals surface area contributed by atoms with E-state index in [9.17, 15) is 4.39 Å². The first-order chi connectivity index (χ1) is 18.8. The lowest BCUT2D eigenvalue weighted by atomic mass is 9.75. The van der Waals surface area contributed by atoms with Gasteiger partial charge in [-0.3, -0.25) is 9.36 Å². The normalized spacial score (nSPS) is 21.5. The summed E-state index contributed by atoms with van der Waals surface area (Å²) in [5, 5.41) is 10.3. The highest BCUT2D eigenvalue weighted by Crippen LogP contribution is 2.57. The van der Waals surface area contributed by atoms with Crippen LogP contribution in [0.15, 0.2) is 36.7 Å². The zero-order chi connectivity index (χ0) is 27.1. The maximum Gasteiger partial charge on any atom is 0.166 e. The Bertz CT molecular complexity index is 1600. The predicted molar refractivity (Wildman–Crippen MR) is 148 cm³/mol. The summed E-state index contributed by atoms with van der Waals surface area (Å²) >= 11 is 0. The lowest BCUT2D eigenvalue weighted by Crippen LogP contribution is -2.40. The second-order valence-electron chi connectivity index (χ2n) is 11.5. The monoisotopic (exact) mass is 527 g/mol. The van der Waals surface area contributed by atoms with Gasteiger partial charge in [-0.1, -0.05) is 0 Å². The average Bonchev–Trinajstić information content (AvgIpc) is 3.58. The van der Waals surface area contributed by atoms with Gasteiger partial charge in [0.2, 0.25) is 0 Å². The molecular formula is C30H34FN7O. The molecule has 202 valence electrons. The third-order valence-electron chi connectivity index (χ3n) is 9.08. The number of nitrogens with two attached hydrogens (primary N) is 1. The standard InChI is InChI=1S/C30H34FN7O/c1-5-38-27-18-12-24(29(32)33-15-18)39-17(2)21-13-19(31)6-7-20(21)26-23(16-37(4)34-26)22-14-30(28(35-38)25(22)27)8-10-36(3)11-9-30/h6-7,12-13,15-17,22H,5,8-11,14H2,1-4H3,(H2,32,33)/t17-,22-/m1/s1. The zero-order valence-electron chi connectivity index (χ0n) is 22.9. The number of fused-ring (bicyclic) bond motifs is 8. The summed E-state index contributed by atoms with van der Waals surface area (Å²) in [6.07, 6.45) is 6.61. The maximum atomic E-state index is 14.6. The van der Waals surface area contributed by atoms with Crippen LogP contribution in [0.1, 0.15) is 67.5 Å². The Morgan fingerprint density at radius 1 is 1.13 bits per heavy atom. The SMILES string of the molecule is CCn1nc2c3c1-c1cnc(N)c(c1)O[C@H](C)c1cc(F)ccc1-c1nn(C)cc1[C@H]3CC21CCN(C)CC1. The molecule has 1 fully saturated rings. The van der Waals surface area contributed by atoms with Crippen molar-refractivity contribution in [2.75, 3.05) is 25.9 Å². The van der Waals surface area contributed by atoms with Gasteiger partial charge in [0.15, 0.2) is 11.6 Å². The highest BCUT2D eigenvalue weighted by atomic mass is 19.1. The fraction of sp³-hybridized carbons (Fsp3) is 0.433. The molecular weight excluding hydrogens is 493 g/mol. The van der Waals surface area contributed by atoms with Gasteiger partial charge in [-0.2, -0.15) is 10.2 Å². The summed E-state index contributed by atoms with van der Waals surface area (Å²) in [4.78, 5) is 6.95. The van der Waals surface area contributed by atoms with Gasteiger partial charge in [0.1, 0.15) is 11.9 Å². The van der Waals surface area contributed by atoms with Gasteiger partial charge in [0.05, 0.1) is 17.1 Å². The summed E-state index contributed by atoms with van der Waals surface area (Å²) in [7, 11) is 4.16. The molecule has 4 aromatic rings. The molecule has 1 spiro atoms. The molecule has 3 aliphatic rings. The summed E-state index contributed by atoms with van der Waals surface area (Å²) in [6.45, 7) is 6.88. The van der Waals surface area contributed by atoms with E-state index in [1.807, 2.05) is 37.0 Å². The van der Waals surface area contributed by atoms with Crippen molar-refractivity contribution in [1.82, 2.24) is 29.4 Å². The van der Waals surface area contributed by atoms with Crippen LogP contribution in [-0.4, -0.2) is 49.6 Å². The first kappa shape index (κ1) is 24.3. The Labute approximate surface area is 227 Å². The molecule has 3 aromatic heterocycles. The molecule has 7 rings (SSSR count). The Morgan fingerprint density at radius 3 is 2.69 bits per heavy atom. The van der Waals surface area contributed by atoms with Crippen molar-refractivity contribution in [2.24, 2.45) is 7.05 Å². The molecule has 1 aromatic carbocycles. The number of hydrogen-bond donors (Lipinski definition) is 1. The van der Waals surface area contributed by atoms with Crippen LogP contribution in [0.3, 0.4) is 0 Å². The largest absolute Gasteiger partial charge is 0.482 e. The number of pyridine rings is 1. The summed E-state index contributed by atoms with van der Waals surface area (Å²) in [6, 6.07) is 6.86. The number of ether oxygens (including phenoxy) is 1. The third kappa shape index (κ3) is 3.62. The number of aryl methyl sites for hydroxylation is 2. The molecule has 9 heteroatoms. The van der Waals surface area contributed by atoms with Gasteiger partial charge in [-0.05, 0) is 77.5 Å². The van der Waals surface area contributed by atoms with E-state index in [2.05, 4.69) is 34.7 Å². The van der Waals surface area contributed by atoms with Gasteiger partial charge in [0.25, 0.3) is 0 Å². The minimum atomic E-state index is -0.473. The quantitative estimate of drug-likeness (QED) is 0.373. The minimum Gasteiger partial charge on any atom is -0.482 e. The van der Waals surface area contributed by atoms with Crippen LogP contribution in [-0.2, 0) is 19.0 Å². The highest BCUT2D eigenvalue weighted by molar-refractivity contribution is 5.75. The van der Waals surface area contributed by atoms with Gasteiger partial charge in [-0.25, -0.2) is 9.37 Å². The molecule has 0 saturated carbocycles. The number of anilines is 1. The number of nitrogen functional groups attached to an aromatic ring is 1. The van der Waals surface area contributed by atoms with E-state index in [1.165, 1.54) is 17.3 Å². The summed E-state index contributed by atoms with van der Waals surface area (Å²) in [5.74, 6) is 0.574. The van der Waals surface area contributed by atoms with Crippen LogP contribution in [0.2, 0.25) is 0 Å². The molecule has 2 aliphatic heterocycles. The number of hydrogen-bond acceptors (Lipinski definition) is 6. The van der Waals surface area contributed by atoms with Crippen molar-refractivity contribution < 1.29 is 9.13 Å². The number of rotatable bonds is 1. The van der Waals surface area contributed by atoms with Crippen LogP contribution in [0, 0.1) is 5.82 Å². The van der Waals surface area contributed by atoms with Gasteiger partial charge >= 0.3 is 0 Å². The van der Waals surface area contributed by atoms with E-state index < -0.39 is 6.10 Å². The van der Waals surface area contributed by atoms with Crippen LogP contribution < -0.4 is 10.5 Å². The van der Waals surface area contributed by atoms with Crippen molar-refractivity contribution >= 4 is 5.82 Å². The predicted octanol–water partition coefficient (Wildman–Crippen LogP) is 5.04. The van der Waals surface area contributed by atoms with E-state index >= 15 is 0 Å². The third-order valence-corrected chi connectivity index (χ3v) is 9.08. The molecule has 1 saturated heterocycles. The van der Waals surface area contributed by atoms with Gasteiger partial charge in [-0.15, -0.1) is 0 Å². The summed E-state index contributed by atoms with van der Waals surface area (Å²) < 4.78 is 25.0. The Kier molecular flexibility index (Phi) is 5.39. The molecule has 8 nitrogen and oxygen atoms in total. The van der Waals surface area contributed by atoms with Crippen LogP contribution in [0.5, 0.6) is 5.75 Å². The summed E-state index contributed by atoms with van der Waals surface area (Å²) in [5.41, 5.74) is 14.4. The average molecular weight is 528 g/mol. The lowest BCUT2D eigenvalue weighted by Gasteiger charge is -2.38. The molecule has 5 heterocycles. The Balaban J connectivity index is 1.56. The number of nitrogens with zero attached hydrogens (tertiary/aromatic N) is 6. The fourth-order valence-corrected chi connectivity index (χ4v) is 7.06. The molecule has 0 radical (unpaired) electrons. The van der Waals surface area contributed by atoms with Crippen LogP contribution >= 0.6 is 0 Å². The Hall–Kier alpha value is -3.72. The molecule has 1 aliphatic carbocycles. The van der Waals surface area contributed by atoms with E-state index in [4.69, 9.17) is 20.7 Å². The van der Waals surface area contributed by atoms with Gasteiger partial charge < -0.3 is 15.4 Å². The maximum absolute atomic E-state index is 14.6. The zero-order valence-corrected chi connectivity index (χ0v) is 22.9. The first-order valence-electron chi connectivity index (χ1n) is 13.8. The number of piperidine rings is 1. The topological polar surface area (TPSA) is 87.0 Å². The van der Waals surface area contributed by atoms with E-state index in [1.54, 1.807) is 6.07 Å². The molecule has 0 amide bonds. The van der Waals surface area contributed by atoms with E-state index in [-0.39, 0.29) is 17.2 Å². The Morgan fingerprint density at radius 2 is 1.92 bits per heavy atom. The van der Waals surface area contributed by atoms with Crippen molar-refractivity contribution in [2.45, 2.75) is 57.1 Å². The number of likely N-dealkylation sites (tertiary alicyclic amines) is 1. The number of halogens is 1. The lowest BCUT2D eigenvalue weighted by molar-refractivity contribution is 0.180. The van der Waals surface area contributed by atoms with E-state index in [0.717, 1.165) is 72.5 Å². The number of aromatic nitrogens is 5. The fourth-order valence-electron chi connectivity index (χ4n) is 7.06. The van der Waals surface area contributed by atoms with E-state index in [0.29, 0.717) is 11.6 Å². The number of benzene rings is 1. The molecule has 2 N–H and O–H groups in total. The van der Waals surface area contributed by atoms with Gasteiger partial charge in [0, 0.05) is 65.1 Å². The second kappa shape index (κ2) is 8.64. The molecule has 39 heavy (non-hydrogen) atoms. The van der Waals surface area contributed by atoms with Crippen molar-refractivity contribution in [3.63, 3.8) is 0 Å². The second-order valence-corrected chi connectivity index (χ2v) is 11.5. The molecule has 2 atom stereocenters. The molecule has 0 unspecified atom stereocenters. The van der Waals surface area contributed by atoms with Crippen LogP contribution in [0.25, 0.3) is 22.5 Å². The van der Waals surface area contributed by atoms with Crippen LogP contribution in [0.4, 0.5) is 10.2 Å². The smallest absolute Gasteiger partial charge is 0.166 e. The van der Waals surface area contributed by atoms with Crippen molar-refractivity contribution in [1.29, 1.82) is 0 Å². The van der Waals surface area contributed by atoms with Crippen molar-refractivity contribution in [3.8, 4) is 28.3 Å². The molecule has 2 bridgehead atoms.